The Morgan fingerprint density at radius 3 is 2.62 bits per heavy atom. The first-order valence-corrected chi connectivity index (χ1v) is 11.5. The number of carbonyl (C=O) groups is 1. The number of hydrogen-bond donors (Lipinski definition) is 2. The third kappa shape index (κ3) is 5.38. The molecule has 0 bridgehead atoms. The second-order valence-corrected chi connectivity index (χ2v) is 8.26. The summed E-state index contributed by atoms with van der Waals surface area (Å²) in [6.45, 7) is 2.74. The maximum Gasteiger partial charge on any atom is 0.275 e. The summed E-state index contributed by atoms with van der Waals surface area (Å²) in [5, 5.41) is 16.1. The highest BCUT2D eigenvalue weighted by atomic mass is 79.9. The van der Waals surface area contributed by atoms with Crippen LogP contribution in [0.3, 0.4) is 0 Å². The van der Waals surface area contributed by atoms with E-state index in [4.69, 9.17) is 9.47 Å². The molecule has 34 heavy (non-hydrogen) atoms. The Bertz CT molecular complexity index is 1350. The number of halogens is 1. The number of carbonyl (C=O) groups excluding carboxylic acids is 1. The molecular weight excluding hydrogens is 496 g/mol. The van der Waals surface area contributed by atoms with Crippen molar-refractivity contribution in [2.75, 3.05) is 6.61 Å². The molecule has 4 aromatic rings. The molecule has 0 heterocycles. The van der Waals surface area contributed by atoms with Crippen LogP contribution in [0.4, 0.5) is 0 Å². The van der Waals surface area contributed by atoms with E-state index >= 15 is 0 Å². The van der Waals surface area contributed by atoms with Crippen molar-refractivity contribution in [2.45, 2.75) is 13.5 Å². The minimum atomic E-state index is -0.506. The van der Waals surface area contributed by atoms with Crippen LogP contribution in [0.1, 0.15) is 28.4 Å². The van der Waals surface area contributed by atoms with Gasteiger partial charge < -0.3 is 14.6 Å². The van der Waals surface area contributed by atoms with Crippen LogP contribution in [-0.2, 0) is 6.61 Å². The van der Waals surface area contributed by atoms with Gasteiger partial charge in [-0.15, -0.1) is 0 Å². The molecule has 172 valence electrons. The zero-order valence-corrected chi connectivity index (χ0v) is 20.1. The number of hydrazone groups is 1. The van der Waals surface area contributed by atoms with Crippen LogP contribution in [0.2, 0.25) is 0 Å². The number of nitrogens with zero attached hydrogens (tertiary/aromatic N) is 1. The average Bonchev–Trinajstić information content (AvgIpc) is 2.84. The first-order valence-electron chi connectivity index (χ1n) is 10.7. The third-order valence-electron chi connectivity index (χ3n) is 5.11. The van der Waals surface area contributed by atoms with E-state index in [9.17, 15) is 9.90 Å². The maximum atomic E-state index is 12.2. The lowest BCUT2D eigenvalue weighted by atomic mass is 10.1. The van der Waals surface area contributed by atoms with Crippen LogP contribution >= 0.6 is 15.9 Å². The number of phenols is 1. The molecule has 0 aliphatic rings. The number of benzene rings is 4. The monoisotopic (exact) mass is 518 g/mol. The zero-order chi connectivity index (χ0) is 23.9. The van der Waals surface area contributed by atoms with Crippen molar-refractivity contribution in [1.82, 2.24) is 5.43 Å². The predicted molar refractivity (Wildman–Crippen MR) is 137 cm³/mol. The SMILES string of the molecule is CCOc1cc(/C=N/NC(=O)c2ccccc2O)cc(Br)c1OCc1cccc2ccccc12. The van der Waals surface area contributed by atoms with E-state index < -0.39 is 5.91 Å². The quantitative estimate of drug-likeness (QED) is 0.220. The van der Waals surface area contributed by atoms with Gasteiger partial charge in [0.25, 0.3) is 5.91 Å². The van der Waals surface area contributed by atoms with Crippen molar-refractivity contribution in [2.24, 2.45) is 5.10 Å². The van der Waals surface area contributed by atoms with Gasteiger partial charge in [0.15, 0.2) is 11.5 Å². The molecule has 0 aliphatic carbocycles. The van der Waals surface area contributed by atoms with Gasteiger partial charge in [-0.25, -0.2) is 5.43 Å². The molecule has 0 saturated carbocycles. The van der Waals surface area contributed by atoms with E-state index in [1.807, 2.05) is 37.3 Å². The number of nitrogens with one attached hydrogen (secondary N) is 1. The second kappa shape index (κ2) is 10.9. The van der Waals surface area contributed by atoms with Crippen molar-refractivity contribution < 1.29 is 19.4 Å². The Morgan fingerprint density at radius 1 is 1.03 bits per heavy atom. The third-order valence-corrected chi connectivity index (χ3v) is 5.70. The van der Waals surface area contributed by atoms with Crippen molar-refractivity contribution in [3.8, 4) is 17.2 Å². The van der Waals surface area contributed by atoms with Crippen molar-refractivity contribution in [1.29, 1.82) is 0 Å². The summed E-state index contributed by atoms with van der Waals surface area (Å²) >= 11 is 3.57. The van der Waals surface area contributed by atoms with Gasteiger partial charge in [-0.2, -0.15) is 5.10 Å². The molecular formula is C27H23BrN2O4. The molecule has 0 unspecified atom stereocenters. The van der Waals surface area contributed by atoms with E-state index in [2.05, 4.69) is 44.7 Å². The molecule has 2 N–H and O–H groups in total. The topological polar surface area (TPSA) is 80.2 Å². The highest BCUT2D eigenvalue weighted by molar-refractivity contribution is 9.10. The van der Waals surface area contributed by atoms with E-state index in [0.717, 1.165) is 16.3 Å². The van der Waals surface area contributed by atoms with E-state index in [-0.39, 0.29) is 11.3 Å². The molecule has 0 fully saturated rings. The summed E-state index contributed by atoms with van der Waals surface area (Å²) in [5.41, 5.74) is 4.34. The zero-order valence-electron chi connectivity index (χ0n) is 18.5. The molecule has 4 rings (SSSR count). The van der Waals surface area contributed by atoms with Crippen LogP contribution in [0.15, 0.2) is 88.4 Å². The minimum Gasteiger partial charge on any atom is -0.507 e. The average molecular weight is 519 g/mol. The number of rotatable bonds is 8. The number of hydrogen-bond acceptors (Lipinski definition) is 5. The molecule has 0 saturated heterocycles. The Hall–Kier alpha value is -3.84. The maximum absolute atomic E-state index is 12.2. The van der Waals surface area contributed by atoms with Crippen LogP contribution in [0, 0.1) is 0 Å². The van der Waals surface area contributed by atoms with Crippen molar-refractivity contribution >= 4 is 38.8 Å². The van der Waals surface area contributed by atoms with Crippen LogP contribution in [-0.4, -0.2) is 23.8 Å². The number of amides is 1. The van der Waals surface area contributed by atoms with Gasteiger partial charge in [-0.3, -0.25) is 4.79 Å². The molecule has 0 radical (unpaired) electrons. The summed E-state index contributed by atoms with van der Waals surface area (Å²) < 4.78 is 12.7. The fourth-order valence-electron chi connectivity index (χ4n) is 3.53. The van der Waals surface area contributed by atoms with Gasteiger partial charge in [0.05, 0.1) is 22.9 Å². The first kappa shape index (κ1) is 23.3. The summed E-state index contributed by atoms with van der Waals surface area (Å²) in [5.74, 6) is 0.536. The molecule has 1 amide bonds. The van der Waals surface area contributed by atoms with E-state index in [1.165, 1.54) is 18.3 Å². The summed E-state index contributed by atoms with van der Waals surface area (Å²) in [6.07, 6.45) is 1.50. The van der Waals surface area contributed by atoms with Gasteiger partial charge in [-0.05, 0) is 69.0 Å². The van der Waals surface area contributed by atoms with Gasteiger partial charge >= 0.3 is 0 Å². The lowest BCUT2D eigenvalue weighted by Gasteiger charge is -2.15. The molecule has 0 atom stereocenters. The first-order chi connectivity index (χ1) is 16.6. The number of ether oxygens (including phenoxy) is 2. The lowest BCUT2D eigenvalue weighted by Crippen LogP contribution is -2.17. The fraction of sp³-hybridized carbons (Fsp3) is 0.111. The molecule has 0 aromatic heterocycles. The Balaban J connectivity index is 1.51. The van der Waals surface area contributed by atoms with E-state index in [1.54, 1.807) is 18.2 Å². The Labute approximate surface area is 206 Å². The molecule has 7 heteroatoms. The highest BCUT2D eigenvalue weighted by Crippen LogP contribution is 2.37. The van der Waals surface area contributed by atoms with Crippen molar-refractivity contribution in [3.05, 3.63) is 100 Å². The number of para-hydroxylation sites is 1. The predicted octanol–water partition coefficient (Wildman–Crippen LogP) is 6.05. The van der Waals surface area contributed by atoms with Gasteiger partial charge in [0.1, 0.15) is 12.4 Å². The van der Waals surface area contributed by atoms with Gasteiger partial charge in [0.2, 0.25) is 0 Å². The number of phenolic OH excluding ortho intramolecular Hbond substituents is 1. The molecule has 0 aliphatic heterocycles. The van der Waals surface area contributed by atoms with Crippen LogP contribution in [0.25, 0.3) is 10.8 Å². The Kier molecular flexibility index (Phi) is 7.44. The van der Waals surface area contributed by atoms with Gasteiger partial charge in [-0.1, -0.05) is 54.6 Å². The number of fused-ring (bicyclic) bond motifs is 1. The lowest BCUT2D eigenvalue weighted by molar-refractivity contribution is 0.0952. The molecule has 0 spiro atoms. The summed E-state index contributed by atoms with van der Waals surface area (Å²) in [6, 6.07) is 24.2. The normalized spacial score (nSPS) is 11.0. The van der Waals surface area contributed by atoms with Crippen LogP contribution in [0.5, 0.6) is 17.2 Å². The van der Waals surface area contributed by atoms with Crippen molar-refractivity contribution in [3.63, 3.8) is 0 Å². The second-order valence-electron chi connectivity index (χ2n) is 7.41. The van der Waals surface area contributed by atoms with E-state index in [0.29, 0.717) is 34.7 Å². The molecule has 6 nitrogen and oxygen atoms in total. The molecule has 4 aromatic carbocycles. The fourth-order valence-corrected chi connectivity index (χ4v) is 4.10. The Morgan fingerprint density at radius 2 is 1.79 bits per heavy atom. The summed E-state index contributed by atoms with van der Waals surface area (Å²) in [7, 11) is 0. The highest BCUT2D eigenvalue weighted by Gasteiger charge is 2.13. The smallest absolute Gasteiger partial charge is 0.275 e. The van der Waals surface area contributed by atoms with Gasteiger partial charge in [0, 0.05) is 0 Å². The van der Waals surface area contributed by atoms with Crippen LogP contribution < -0.4 is 14.9 Å². The number of aromatic hydroxyl groups is 1. The summed E-state index contributed by atoms with van der Waals surface area (Å²) in [4.78, 5) is 12.2. The minimum absolute atomic E-state index is 0.107. The standard InChI is InChI=1S/C27H23BrN2O4/c1-2-33-25-15-18(16-29-30-27(32)22-12-5-6-13-24(22)31)14-23(28)26(25)34-17-20-10-7-9-19-8-3-4-11-21(19)20/h3-16,31H,2,17H2,1H3,(H,30,32)/b29-16+. The largest absolute Gasteiger partial charge is 0.507 e.